The third kappa shape index (κ3) is 3.19. The first-order valence-corrected chi connectivity index (χ1v) is 8.81. The van der Waals surface area contributed by atoms with Crippen LogP contribution < -0.4 is 4.74 Å². The second-order valence-electron chi connectivity index (χ2n) is 6.58. The van der Waals surface area contributed by atoms with E-state index >= 15 is 0 Å². The Morgan fingerprint density at radius 2 is 2.04 bits per heavy atom. The van der Waals surface area contributed by atoms with Gasteiger partial charge in [0.05, 0.1) is 13.7 Å². The van der Waals surface area contributed by atoms with Crippen molar-refractivity contribution >= 4 is 16.7 Å². The molecule has 3 heterocycles. The number of rotatable bonds is 3. The van der Waals surface area contributed by atoms with Crippen LogP contribution in [0.25, 0.3) is 10.8 Å². The third-order valence-electron chi connectivity index (χ3n) is 5.14. The molecule has 6 nitrogen and oxygen atoms in total. The predicted molar refractivity (Wildman–Crippen MR) is 95.0 cm³/mol. The standard InChI is InChI=1S/C19H23N3O3/c1-24-18-16-5-3-2-4-14(16)12-17(20-18)19(23)22-9-7-21(8-10-22)15-6-11-25-13-15/h2-5,12,15H,6-11,13H2,1H3/t15-/m1/s1. The minimum atomic E-state index is -0.0219. The summed E-state index contributed by atoms with van der Waals surface area (Å²) in [5.41, 5.74) is 0.452. The number of aromatic nitrogens is 1. The number of carbonyl (C=O) groups is 1. The van der Waals surface area contributed by atoms with Gasteiger partial charge in [0.25, 0.3) is 5.91 Å². The molecule has 0 N–H and O–H groups in total. The Morgan fingerprint density at radius 1 is 1.24 bits per heavy atom. The topological polar surface area (TPSA) is 54.9 Å². The molecule has 0 saturated carbocycles. The number of hydrogen-bond donors (Lipinski definition) is 0. The molecule has 6 heteroatoms. The highest BCUT2D eigenvalue weighted by Crippen LogP contribution is 2.25. The Kier molecular flexibility index (Phi) is 4.55. The van der Waals surface area contributed by atoms with E-state index in [2.05, 4.69) is 9.88 Å². The van der Waals surface area contributed by atoms with Gasteiger partial charge >= 0.3 is 0 Å². The van der Waals surface area contributed by atoms with Crippen LogP contribution >= 0.6 is 0 Å². The van der Waals surface area contributed by atoms with Crippen LogP contribution in [0.5, 0.6) is 5.88 Å². The molecule has 0 spiro atoms. The lowest BCUT2D eigenvalue weighted by Crippen LogP contribution is -2.52. The molecule has 25 heavy (non-hydrogen) atoms. The molecule has 2 aliphatic heterocycles. The SMILES string of the molecule is COc1nc(C(=O)N2CCN([C@@H]3CCOC3)CC2)cc2ccccc12. The fraction of sp³-hybridized carbons (Fsp3) is 0.474. The van der Waals surface area contributed by atoms with Crippen molar-refractivity contribution in [1.82, 2.24) is 14.8 Å². The van der Waals surface area contributed by atoms with Gasteiger partial charge in [-0.25, -0.2) is 4.98 Å². The minimum Gasteiger partial charge on any atom is -0.481 e. The van der Waals surface area contributed by atoms with Crippen molar-refractivity contribution in [1.29, 1.82) is 0 Å². The van der Waals surface area contributed by atoms with Gasteiger partial charge in [-0.2, -0.15) is 0 Å². The Morgan fingerprint density at radius 3 is 2.76 bits per heavy atom. The summed E-state index contributed by atoms with van der Waals surface area (Å²) in [4.78, 5) is 21.7. The van der Waals surface area contributed by atoms with Crippen molar-refractivity contribution in [2.45, 2.75) is 12.5 Å². The van der Waals surface area contributed by atoms with E-state index in [9.17, 15) is 4.79 Å². The van der Waals surface area contributed by atoms with Crippen molar-refractivity contribution in [2.24, 2.45) is 0 Å². The van der Waals surface area contributed by atoms with E-state index in [1.165, 1.54) is 0 Å². The molecule has 4 rings (SSSR count). The van der Waals surface area contributed by atoms with Gasteiger partial charge in [0.1, 0.15) is 5.69 Å². The van der Waals surface area contributed by atoms with Gasteiger partial charge in [-0.1, -0.05) is 18.2 Å². The van der Waals surface area contributed by atoms with Gasteiger partial charge < -0.3 is 14.4 Å². The number of pyridine rings is 1. The smallest absolute Gasteiger partial charge is 0.272 e. The Bertz CT molecular complexity index is 766. The summed E-state index contributed by atoms with van der Waals surface area (Å²) in [6.45, 7) is 4.91. The predicted octanol–water partition coefficient (Wildman–Crippen LogP) is 1.79. The fourth-order valence-corrected chi connectivity index (χ4v) is 3.69. The highest BCUT2D eigenvalue weighted by molar-refractivity contribution is 5.98. The van der Waals surface area contributed by atoms with Crippen molar-refractivity contribution in [3.05, 3.63) is 36.0 Å². The summed E-state index contributed by atoms with van der Waals surface area (Å²) >= 11 is 0. The molecule has 2 aromatic rings. The van der Waals surface area contributed by atoms with Crippen LogP contribution in [0, 0.1) is 0 Å². The first-order valence-electron chi connectivity index (χ1n) is 8.81. The second kappa shape index (κ2) is 6.98. The van der Waals surface area contributed by atoms with Gasteiger partial charge in [-0.3, -0.25) is 9.69 Å². The molecule has 0 unspecified atom stereocenters. The van der Waals surface area contributed by atoms with Crippen LogP contribution in [-0.2, 0) is 4.74 Å². The Balaban J connectivity index is 1.50. The number of hydrogen-bond acceptors (Lipinski definition) is 5. The average Bonchev–Trinajstić information content (AvgIpc) is 3.21. The zero-order chi connectivity index (χ0) is 17.2. The molecule has 1 aromatic carbocycles. The molecule has 2 fully saturated rings. The number of fused-ring (bicyclic) bond motifs is 1. The van der Waals surface area contributed by atoms with Gasteiger partial charge in [-0.05, 0) is 23.9 Å². The molecule has 0 bridgehead atoms. The van der Waals surface area contributed by atoms with Gasteiger partial charge in [0.15, 0.2) is 0 Å². The van der Waals surface area contributed by atoms with E-state index in [4.69, 9.17) is 9.47 Å². The van der Waals surface area contributed by atoms with Gasteiger partial charge in [-0.15, -0.1) is 0 Å². The summed E-state index contributed by atoms with van der Waals surface area (Å²) in [5.74, 6) is 0.481. The number of piperazine rings is 1. The summed E-state index contributed by atoms with van der Waals surface area (Å²) in [5, 5.41) is 1.90. The molecule has 2 aliphatic rings. The van der Waals surface area contributed by atoms with Gasteiger partial charge in [0, 0.05) is 44.2 Å². The average molecular weight is 341 g/mol. The Hall–Kier alpha value is -2.18. The maximum atomic E-state index is 12.9. The quantitative estimate of drug-likeness (QED) is 0.852. The highest BCUT2D eigenvalue weighted by atomic mass is 16.5. The lowest BCUT2D eigenvalue weighted by atomic mass is 10.1. The van der Waals surface area contributed by atoms with E-state index in [1.54, 1.807) is 7.11 Å². The molecule has 132 valence electrons. The number of nitrogens with zero attached hydrogens (tertiary/aromatic N) is 3. The lowest BCUT2D eigenvalue weighted by Gasteiger charge is -2.37. The maximum absolute atomic E-state index is 12.9. The summed E-state index contributed by atoms with van der Waals surface area (Å²) in [7, 11) is 1.59. The minimum absolute atomic E-state index is 0.0219. The number of methoxy groups -OCH3 is 1. The van der Waals surface area contributed by atoms with E-state index in [1.807, 2.05) is 35.2 Å². The number of ether oxygens (including phenoxy) is 2. The van der Waals surface area contributed by atoms with Crippen molar-refractivity contribution in [3.8, 4) is 5.88 Å². The molecule has 2 saturated heterocycles. The first kappa shape index (κ1) is 16.3. The molecule has 1 aromatic heterocycles. The summed E-state index contributed by atoms with van der Waals surface area (Å²) in [6, 6.07) is 10.2. The number of amides is 1. The molecule has 1 atom stereocenters. The van der Waals surface area contributed by atoms with E-state index in [-0.39, 0.29) is 5.91 Å². The van der Waals surface area contributed by atoms with Crippen LogP contribution in [0.4, 0.5) is 0 Å². The van der Waals surface area contributed by atoms with Gasteiger partial charge in [0.2, 0.25) is 5.88 Å². The summed E-state index contributed by atoms with van der Waals surface area (Å²) in [6.07, 6.45) is 1.09. The van der Waals surface area contributed by atoms with Crippen molar-refractivity contribution in [2.75, 3.05) is 46.5 Å². The van der Waals surface area contributed by atoms with Crippen LogP contribution in [-0.4, -0.2) is 73.2 Å². The first-order chi connectivity index (χ1) is 12.3. The fourth-order valence-electron chi connectivity index (χ4n) is 3.69. The largest absolute Gasteiger partial charge is 0.481 e. The third-order valence-corrected chi connectivity index (χ3v) is 5.14. The lowest BCUT2D eigenvalue weighted by molar-refractivity contribution is 0.0544. The molecular formula is C19H23N3O3. The van der Waals surface area contributed by atoms with Crippen molar-refractivity contribution < 1.29 is 14.3 Å². The van der Waals surface area contributed by atoms with Crippen LogP contribution in [0.15, 0.2) is 30.3 Å². The van der Waals surface area contributed by atoms with Crippen LogP contribution in [0.3, 0.4) is 0 Å². The molecular weight excluding hydrogens is 318 g/mol. The van der Waals surface area contributed by atoms with E-state index in [0.717, 1.165) is 56.6 Å². The van der Waals surface area contributed by atoms with E-state index in [0.29, 0.717) is 17.6 Å². The summed E-state index contributed by atoms with van der Waals surface area (Å²) < 4.78 is 10.9. The zero-order valence-electron chi connectivity index (χ0n) is 14.5. The molecule has 1 amide bonds. The van der Waals surface area contributed by atoms with E-state index < -0.39 is 0 Å². The Labute approximate surface area is 147 Å². The maximum Gasteiger partial charge on any atom is 0.272 e. The highest BCUT2D eigenvalue weighted by Gasteiger charge is 2.29. The van der Waals surface area contributed by atoms with Crippen LogP contribution in [0.2, 0.25) is 0 Å². The molecule has 0 radical (unpaired) electrons. The monoisotopic (exact) mass is 341 g/mol. The number of benzene rings is 1. The van der Waals surface area contributed by atoms with Crippen LogP contribution in [0.1, 0.15) is 16.9 Å². The second-order valence-corrected chi connectivity index (χ2v) is 6.58. The zero-order valence-corrected chi connectivity index (χ0v) is 14.5. The number of carbonyl (C=O) groups excluding carboxylic acids is 1. The van der Waals surface area contributed by atoms with Crippen molar-refractivity contribution in [3.63, 3.8) is 0 Å². The molecule has 0 aliphatic carbocycles. The normalized spacial score (nSPS) is 21.6.